The zero-order chi connectivity index (χ0) is 14.8. The Balaban J connectivity index is 1.98. The van der Waals surface area contributed by atoms with E-state index < -0.39 is 16.8 Å². The van der Waals surface area contributed by atoms with E-state index in [1.165, 1.54) is 0 Å². The maximum Gasteiger partial charge on any atom is 0.345 e. The highest BCUT2D eigenvalue weighted by Crippen LogP contribution is 2.28. The van der Waals surface area contributed by atoms with Gasteiger partial charge in [0.2, 0.25) is 0 Å². The predicted octanol–water partition coefficient (Wildman–Crippen LogP) is 2.97. The molecule has 0 amide bonds. The normalized spacial score (nSPS) is 19.0. The highest BCUT2D eigenvalue weighted by molar-refractivity contribution is 7.89. The quantitative estimate of drug-likeness (QED) is 0.800. The van der Waals surface area contributed by atoms with Gasteiger partial charge in [0.1, 0.15) is 16.5 Å². The molecule has 1 aliphatic heterocycles. The summed E-state index contributed by atoms with van der Waals surface area (Å²) in [5.74, 6) is 0.245. The molecule has 4 nitrogen and oxygen atoms in total. The highest BCUT2D eigenvalue weighted by atomic mass is 32.2. The Morgan fingerprint density at radius 3 is 2.52 bits per heavy atom. The molecule has 0 saturated carbocycles. The minimum atomic E-state index is -1.49. The van der Waals surface area contributed by atoms with Crippen molar-refractivity contribution in [1.29, 1.82) is 0 Å². The lowest BCUT2D eigenvalue weighted by Crippen LogP contribution is -2.17. The van der Waals surface area contributed by atoms with Crippen LogP contribution in [0.1, 0.15) is 15.9 Å². The summed E-state index contributed by atoms with van der Waals surface area (Å²) < 4.78 is 22.7. The summed E-state index contributed by atoms with van der Waals surface area (Å²) in [4.78, 5) is 12.4. The van der Waals surface area contributed by atoms with Crippen molar-refractivity contribution in [2.45, 2.75) is 4.90 Å². The van der Waals surface area contributed by atoms with Crippen LogP contribution >= 0.6 is 0 Å². The smallest absolute Gasteiger partial charge is 0.345 e. The number of benzene rings is 2. The van der Waals surface area contributed by atoms with Gasteiger partial charge in [-0.15, -0.1) is 0 Å². The number of rotatable bonds is 2. The number of carbonyl (C=O) groups is 1. The van der Waals surface area contributed by atoms with Gasteiger partial charge >= 0.3 is 5.97 Å². The Bertz CT molecular complexity index is 747. The van der Waals surface area contributed by atoms with Crippen LogP contribution in [0.3, 0.4) is 0 Å². The number of carbonyl (C=O) groups excluding carboxylic acids is 1. The van der Waals surface area contributed by atoms with E-state index >= 15 is 0 Å². The van der Waals surface area contributed by atoms with Gasteiger partial charge in [-0.25, -0.2) is 9.00 Å². The molecule has 3 rings (SSSR count). The molecular weight excluding hydrogens is 288 g/mol. The van der Waals surface area contributed by atoms with Crippen molar-refractivity contribution in [2.24, 2.45) is 0 Å². The van der Waals surface area contributed by atoms with Crippen LogP contribution < -0.4 is 4.74 Å². The van der Waals surface area contributed by atoms with Gasteiger partial charge in [-0.2, -0.15) is 0 Å². The van der Waals surface area contributed by atoms with E-state index in [4.69, 9.17) is 9.47 Å². The molecule has 1 unspecified atom stereocenters. The molecule has 1 atom stereocenters. The van der Waals surface area contributed by atoms with Crippen LogP contribution in [0.2, 0.25) is 0 Å². The zero-order valence-corrected chi connectivity index (χ0v) is 12.1. The molecule has 0 saturated heterocycles. The number of fused-ring (bicyclic) bond motifs is 1. The van der Waals surface area contributed by atoms with Gasteiger partial charge in [-0.05, 0) is 35.9 Å². The largest absolute Gasteiger partial charge is 0.497 e. The van der Waals surface area contributed by atoms with Crippen molar-refractivity contribution >= 4 is 22.8 Å². The lowest BCUT2D eigenvalue weighted by Gasteiger charge is -2.17. The summed E-state index contributed by atoms with van der Waals surface area (Å²) in [5.41, 5.74) is 1.13. The molecule has 21 heavy (non-hydrogen) atoms. The SMILES string of the molecule is COc1ccc(/C=C2/OC(=O)c3ccccc3S2=O)cc1. The average molecular weight is 300 g/mol. The maximum atomic E-state index is 12.4. The van der Waals surface area contributed by atoms with Crippen LogP contribution in [0.4, 0.5) is 0 Å². The van der Waals surface area contributed by atoms with Gasteiger partial charge in [0, 0.05) is 0 Å². The van der Waals surface area contributed by atoms with E-state index in [-0.39, 0.29) is 5.09 Å². The van der Waals surface area contributed by atoms with Gasteiger partial charge in [0.05, 0.1) is 17.6 Å². The number of hydrogen-bond donors (Lipinski definition) is 0. The Hall–Kier alpha value is -2.40. The average Bonchev–Trinajstić information content (AvgIpc) is 2.53. The molecular formula is C16H12O4S. The third-order valence-electron chi connectivity index (χ3n) is 3.08. The van der Waals surface area contributed by atoms with E-state index in [1.807, 2.05) is 0 Å². The standard InChI is InChI=1S/C16H12O4S/c1-19-12-8-6-11(7-9-12)10-15-20-16(17)13-4-2-3-5-14(13)21(15)18/h2-10H,1H3/b15-10-. The van der Waals surface area contributed by atoms with Gasteiger partial charge in [-0.1, -0.05) is 24.3 Å². The maximum absolute atomic E-state index is 12.4. The van der Waals surface area contributed by atoms with Crippen LogP contribution in [-0.2, 0) is 15.5 Å². The Morgan fingerprint density at radius 1 is 1.10 bits per heavy atom. The number of esters is 1. The fourth-order valence-electron chi connectivity index (χ4n) is 2.01. The van der Waals surface area contributed by atoms with Gasteiger partial charge < -0.3 is 9.47 Å². The predicted molar refractivity (Wildman–Crippen MR) is 79.2 cm³/mol. The second-order valence-electron chi connectivity index (χ2n) is 4.39. The molecule has 0 aliphatic carbocycles. The molecule has 1 heterocycles. The second kappa shape index (κ2) is 5.54. The molecule has 0 spiro atoms. The molecule has 0 N–H and O–H groups in total. The molecule has 2 aromatic rings. The minimum absolute atomic E-state index is 0.142. The summed E-state index contributed by atoms with van der Waals surface area (Å²) in [6.45, 7) is 0. The molecule has 0 radical (unpaired) electrons. The number of cyclic esters (lactones) is 1. The van der Waals surface area contributed by atoms with Gasteiger partial charge in [-0.3, -0.25) is 0 Å². The van der Waals surface area contributed by atoms with Crippen molar-refractivity contribution in [3.05, 3.63) is 64.7 Å². The number of ether oxygens (including phenoxy) is 2. The van der Waals surface area contributed by atoms with Crippen molar-refractivity contribution in [2.75, 3.05) is 7.11 Å². The summed E-state index contributed by atoms with van der Waals surface area (Å²) >= 11 is 0. The molecule has 106 valence electrons. The van der Waals surface area contributed by atoms with Gasteiger partial charge in [0.15, 0.2) is 5.09 Å². The first-order valence-corrected chi connectivity index (χ1v) is 7.43. The van der Waals surface area contributed by atoms with Crippen molar-refractivity contribution in [1.82, 2.24) is 0 Å². The highest BCUT2D eigenvalue weighted by Gasteiger charge is 2.28. The first-order chi connectivity index (χ1) is 10.2. The molecule has 0 fully saturated rings. The topological polar surface area (TPSA) is 52.6 Å². The van der Waals surface area contributed by atoms with Crippen molar-refractivity contribution in [3.8, 4) is 5.75 Å². The first-order valence-electron chi connectivity index (χ1n) is 6.28. The van der Waals surface area contributed by atoms with E-state index in [0.29, 0.717) is 10.5 Å². The molecule has 1 aliphatic rings. The van der Waals surface area contributed by atoms with Crippen LogP contribution in [0, 0.1) is 0 Å². The minimum Gasteiger partial charge on any atom is -0.497 e. The first kappa shape index (κ1) is 13.6. The van der Waals surface area contributed by atoms with E-state index in [2.05, 4.69) is 0 Å². The zero-order valence-electron chi connectivity index (χ0n) is 11.2. The van der Waals surface area contributed by atoms with Gasteiger partial charge in [0.25, 0.3) is 0 Å². The Kier molecular flexibility index (Phi) is 3.58. The molecule has 5 heteroatoms. The monoisotopic (exact) mass is 300 g/mol. The van der Waals surface area contributed by atoms with E-state index in [0.717, 1.165) is 11.3 Å². The van der Waals surface area contributed by atoms with Crippen molar-refractivity contribution < 1.29 is 18.5 Å². The summed E-state index contributed by atoms with van der Waals surface area (Å²) in [6.07, 6.45) is 1.60. The fraction of sp³-hybridized carbons (Fsp3) is 0.0625. The van der Waals surface area contributed by atoms with Crippen LogP contribution in [0.5, 0.6) is 5.75 Å². The number of methoxy groups -OCH3 is 1. The van der Waals surface area contributed by atoms with Crippen molar-refractivity contribution in [3.63, 3.8) is 0 Å². The third-order valence-corrected chi connectivity index (χ3v) is 4.41. The molecule has 0 aromatic heterocycles. The van der Waals surface area contributed by atoms with Crippen LogP contribution in [0.15, 0.2) is 58.5 Å². The fourth-order valence-corrected chi connectivity index (χ4v) is 3.17. The summed E-state index contributed by atoms with van der Waals surface area (Å²) in [6, 6.07) is 13.9. The van der Waals surface area contributed by atoms with Crippen LogP contribution in [-0.4, -0.2) is 17.3 Å². The Labute approximate surface area is 124 Å². The summed E-state index contributed by atoms with van der Waals surface area (Å²) in [7, 11) is 0.0912. The van der Waals surface area contributed by atoms with Crippen LogP contribution in [0.25, 0.3) is 6.08 Å². The molecule has 2 aromatic carbocycles. The molecule has 0 bridgehead atoms. The third kappa shape index (κ3) is 2.60. The van der Waals surface area contributed by atoms with E-state index in [9.17, 15) is 9.00 Å². The Morgan fingerprint density at radius 2 is 1.81 bits per heavy atom. The summed E-state index contributed by atoms with van der Waals surface area (Å²) in [5, 5.41) is 0.142. The lowest BCUT2D eigenvalue weighted by molar-refractivity contribution is 0.0641. The number of hydrogen-bond acceptors (Lipinski definition) is 4. The van der Waals surface area contributed by atoms with E-state index in [1.54, 1.807) is 61.7 Å². The lowest BCUT2D eigenvalue weighted by atomic mass is 10.2. The second-order valence-corrected chi connectivity index (χ2v) is 5.77.